The maximum absolute atomic E-state index is 13.1. The molecule has 0 N–H and O–H groups in total. The van der Waals surface area contributed by atoms with Gasteiger partial charge in [-0.15, -0.1) is 0 Å². The molecule has 0 saturated carbocycles. The van der Waals surface area contributed by atoms with E-state index in [2.05, 4.69) is 6.58 Å². The van der Waals surface area contributed by atoms with Crippen molar-refractivity contribution in [1.82, 2.24) is 0 Å². The van der Waals surface area contributed by atoms with E-state index < -0.39 is 5.82 Å². The smallest absolute Gasteiger partial charge is 0.197 e. The Bertz CT molecular complexity index is 297. The van der Waals surface area contributed by atoms with Gasteiger partial charge < -0.3 is 9.47 Å². The molecule has 0 unspecified atom stereocenters. The van der Waals surface area contributed by atoms with Gasteiger partial charge >= 0.3 is 0 Å². The van der Waals surface area contributed by atoms with Gasteiger partial charge in [-0.05, 0) is 12.1 Å². The van der Waals surface area contributed by atoms with E-state index in [9.17, 15) is 4.39 Å². The Morgan fingerprint density at radius 3 is 2.92 bits per heavy atom. The van der Waals surface area contributed by atoms with Gasteiger partial charge in [-0.3, -0.25) is 0 Å². The van der Waals surface area contributed by atoms with E-state index in [1.165, 1.54) is 13.2 Å². The van der Waals surface area contributed by atoms with Crippen molar-refractivity contribution in [2.45, 2.75) is 0 Å². The second-order valence-corrected chi connectivity index (χ2v) is 2.37. The van der Waals surface area contributed by atoms with Crippen LogP contribution in [0.1, 0.15) is 0 Å². The minimum atomic E-state index is -0.429. The lowest BCUT2D eigenvalue weighted by Gasteiger charge is -2.09. The van der Waals surface area contributed by atoms with Crippen molar-refractivity contribution in [2.24, 2.45) is 0 Å². The van der Waals surface area contributed by atoms with Crippen molar-refractivity contribution in [3.8, 4) is 11.5 Å². The van der Waals surface area contributed by atoms with Gasteiger partial charge in [-0.2, -0.15) is 0 Å². The van der Waals surface area contributed by atoms with Crippen LogP contribution in [0.25, 0.3) is 0 Å². The summed E-state index contributed by atoms with van der Waals surface area (Å²) in [6.45, 7) is 3.73. The highest BCUT2D eigenvalue weighted by Crippen LogP contribution is 2.29. The van der Waals surface area contributed by atoms with Crippen LogP contribution in [-0.4, -0.2) is 13.7 Å². The van der Waals surface area contributed by atoms with Crippen molar-refractivity contribution in [2.75, 3.05) is 13.7 Å². The topological polar surface area (TPSA) is 18.5 Å². The Morgan fingerprint density at radius 2 is 2.31 bits per heavy atom. The SMILES string of the molecule is C=CCOc1c(F)cccc1OC. The number of hydrogen-bond acceptors (Lipinski definition) is 2. The molecule has 0 aliphatic heterocycles. The first-order chi connectivity index (χ1) is 6.29. The van der Waals surface area contributed by atoms with E-state index in [1.54, 1.807) is 18.2 Å². The lowest BCUT2D eigenvalue weighted by molar-refractivity contribution is 0.309. The van der Waals surface area contributed by atoms with E-state index in [4.69, 9.17) is 9.47 Å². The fraction of sp³-hybridized carbons (Fsp3) is 0.200. The molecular weight excluding hydrogens is 171 g/mol. The average Bonchev–Trinajstić information content (AvgIpc) is 2.15. The maximum Gasteiger partial charge on any atom is 0.197 e. The Hall–Kier alpha value is -1.51. The number of para-hydroxylation sites is 1. The fourth-order valence-corrected chi connectivity index (χ4v) is 0.932. The van der Waals surface area contributed by atoms with Crippen LogP contribution in [0.5, 0.6) is 11.5 Å². The van der Waals surface area contributed by atoms with Gasteiger partial charge in [0.2, 0.25) is 0 Å². The third-order valence-corrected chi connectivity index (χ3v) is 1.50. The molecule has 0 amide bonds. The summed E-state index contributed by atoms with van der Waals surface area (Å²) in [5, 5.41) is 0. The van der Waals surface area contributed by atoms with Crippen molar-refractivity contribution in [3.05, 3.63) is 36.7 Å². The largest absolute Gasteiger partial charge is 0.493 e. The lowest BCUT2D eigenvalue weighted by Crippen LogP contribution is -1.98. The number of halogens is 1. The van der Waals surface area contributed by atoms with Crippen LogP contribution in [0.3, 0.4) is 0 Å². The van der Waals surface area contributed by atoms with Crippen molar-refractivity contribution < 1.29 is 13.9 Å². The Labute approximate surface area is 76.6 Å². The Kier molecular flexibility index (Phi) is 3.31. The summed E-state index contributed by atoms with van der Waals surface area (Å²) in [6.07, 6.45) is 1.55. The van der Waals surface area contributed by atoms with Crippen LogP contribution in [0.15, 0.2) is 30.9 Å². The zero-order valence-electron chi connectivity index (χ0n) is 7.42. The Morgan fingerprint density at radius 1 is 1.54 bits per heavy atom. The molecule has 1 aromatic carbocycles. The third-order valence-electron chi connectivity index (χ3n) is 1.50. The van der Waals surface area contributed by atoms with Crippen LogP contribution in [0, 0.1) is 5.82 Å². The van der Waals surface area contributed by atoms with Crippen molar-refractivity contribution in [3.63, 3.8) is 0 Å². The first-order valence-electron chi connectivity index (χ1n) is 3.85. The van der Waals surface area contributed by atoms with E-state index in [1.807, 2.05) is 0 Å². The number of rotatable bonds is 4. The molecule has 0 aliphatic carbocycles. The summed E-state index contributed by atoms with van der Waals surface area (Å²) in [6, 6.07) is 4.53. The molecule has 13 heavy (non-hydrogen) atoms. The molecule has 0 saturated heterocycles. The molecule has 0 atom stereocenters. The normalized spacial score (nSPS) is 9.38. The maximum atomic E-state index is 13.1. The summed E-state index contributed by atoms with van der Waals surface area (Å²) in [7, 11) is 1.47. The quantitative estimate of drug-likeness (QED) is 0.665. The van der Waals surface area contributed by atoms with Gasteiger partial charge in [0, 0.05) is 0 Å². The number of benzene rings is 1. The summed E-state index contributed by atoms with van der Waals surface area (Å²) < 4.78 is 23.1. The van der Waals surface area contributed by atoms with E-state index in [0.29, 0.717) is 5.75 Å². The predicted octanol–water partition coefficient (Wildman–Crippen LogP) is 2.40. The summed E-state index contributed by atoms with van der Waals surface area (Å²) in [4.78, 5) is 0. The summed E-state index contributed by atoms with van der Waals surface area (Å²) in [5.41, 5.74) is 0. The first-order valence-corrected chi connectivity index (χ1v) is 3.85. The molecule has 0 bridgehead atoms. The van der Waals surface area contributed by atoms with Crippen LogP contribution >= 0.6 is 0 Å². The van der Waals surface area contributed by atoms with Gasteiger partial charge in [0.05, 0.1) is 7.11 Å². The molecule has 0 fully saturated rings. The highest BCUT2D eigenvalue weighted by atomic mass is 19.1. The number of ether oxygens (including phenoxy) is 2. The van der Waals surface area contributed by atoms with Crippen molar-refractivity contribution in [1.29, 1.82) is 0 Å². The van der Waals surface area contributed by atoms with Crippen LogP contribution in [0.4, 0.5) is 4.39 Å². The van der Waals surface area contributed by atoms with Crippen LogP contribution in [0.2, 0.25) is 0 Å². The molecule has 0 aromatic heterocycles. The molecule has 1 rings (SSSR count). The van der Waals surface area contributed by atoms with Gasteiger partial charge in [0.15, 0.2) is 17.3 Å². The van der Waals surface area contributed by atoms with E-state index in [-0.39, 0.29) is 12.4 Å². The number of methoxy groups -OCH3 is 1. The molecule has 70 valence electrons. The second kappa shape index (κ2) is 4.50. The monoisotopic (exact) mass is 182 g/mol. The van der Waals surface area contributed by atoms with E-state index >= 15 is 0 Å². The molecule has 2 nitrogen and oxygen atoms in total. The molecule has 0 spiro atoms. The minimum absolute atomic E-state index is 0.130. The zero-order valence-corrected chi connectivity index (χ0v) is 7.42. The minimum Gasteiger partial charge on any atom is -0.493 e. The van der Waals surface area contributed by atoms with Crippen molar-refractivity contribution >= 4 is 0 Å². The van der Waals surface area contributed by atoms with Gasteiger partial charge in [0.25, 0.3) is 0 Å². The first kappa shape index (κ1) is 9.58. The van der Waals surface area contributed by atoms with Crippen LogP contribution in [-0.2, 0) is 0 Å². The highest BCUT2D eigenvalue weighted by Gasteiger charge is 2.08. The second-order valence-electron chi connectivity index (χ2n) is 2.37. The predicted molar refractivity (Wildman–Crippen MR) is 48.6 cm³/mol. The highest BCUT2D eigenvalue weighted by molar-refractivity contribution is 5.40. The number of hydrogen-bond donors (Lipinski definition) is 0. The summed E-state index contributed by atoms with van der Waals surface area (Å²) in [5.74, 6) is 0.0907. The molecule has 3 heteroatoms. The molecule has 0 heterocycles. The molecular formula is C10H11FO2. The standard InChI is InChI=1S/C10H11FO2/c1-3-7-13-10-8(11)5-4-6-9(10)12-2/h3-6H,1,7H2,2H3. The van der Waals surface area contributed by atoms with E-state index in [0.717, 1.165) is 0 Å². The molecule has 0 aliphatic rings. The van der Waals surface area contributed by atoms with Crippen LogP contribution < -0.4 is 9.47 Å². The lowest BCUT2D eigenvalue weighted by atomic mass is 10.3. The summed E-state index contributed by atoms with van der Waals surface area (Å²) >= 11 is 0. The Balaban J connectivity index is 2.93. The third kappa shape index (κ3) is 2.21. The molecule has 1 aromatic rings. The molecule has 0 radical (unpaired) electrons. The van der Waals surface area contributed by atoms with Gasteiger partial charge in [-0.1, -0.05) is 18.7 Å². The zero-order chi connectivity index (χ0) is 9.68. The average molecular weight is 182 g/mol. The van der Waals surface area contributed by atoms with Gasteiger partial charge in [0.1, 0.15) is 6.61 Å². The fourth-order valence-electron chi connectivity index (χ4n) is 0.932. The van der Waals surface area contributed by atoms with Gasteiger partial charge in [-0.25, -0.2) is 4.39 Å².